The second-order valence-corrected chi connectivity index (χ2v) is 8.78. The molecular formula is C28H28N2O2. The fraction of sp³-hybridized carbons (Fsp3) is 0.250. The van der Waals surface area contributed by atoms with E-state index < -0.39 is 0 Å². The van der Waals surface area contributed by atoms with Crippen LogP contribution in [0.3, 0.4) is 0 Å². The van der Waals surface area contributed by atoms with E-state index in [9.17, 15) is 4.79 Å². The molecule has 4 nitrogen and oxygen atoms in total. The number of fused-ring (bicyclic) bond motifs is 1. The van der Waals surface area contributed by atoms with Crippen LogP contribution in [0.4, 0.5) is 11.4 Å². The van der Waals surface area contributed by atoms with Gasteiger partial charge < -0.3 is 15.4 Å². The van der Waals surface area contributed by atoms with Crippen LogP contribution in [0.2, 0.25) is 0 Å². The Hall–Kier alpha value is -3.53. The van der Waals surface area contributed by atoms with E-state index in [1.807, 2.05) is 62.4 Å². The first-order valence-corrected chi connectivity index (χ1v) is 11.3. The van der Waals surface area contributed by atoms with Gasteiger partial charge in [-0.3, -0.25) is 4.79 Å². The van der Waals surface area contributed by atoms with E-state index in [1.165, 1.54) is 5.56 Å². The molecule has 2 atom stereocenters. The number of benzene rings is 3. The molecule has 0 saturated heterocycles. The van der Waals surface area contributed by atoms with Crippen LogP contribution in [-0.4, -0.2) is 11.9 Å². The molecule has 0 fully saturated rings. The van der Waals surface area contributed by atoms with Gasteiger partial charge in [-0.2, -0.15) is 0 Å². The maximum absolute atomic E-state index is 13.7. The predicted octanol–water partition coefficient (Wildman–Crippen LogP) is 6.45. The van der Waals surface area contributed by atoms with E-state index in [4.69, 9.17) is 4.74 Å². The summed E-state index contributed by atoms with van der Waals surface area (Å²) in [5.74, 6) is 1.16. The number of carbonyl (C=O) groups excluding carboxylic acids is 1. The lowest BCUT2D eigenvalue weighted by molar-refractivity contribution is -0.116. The molecule has 0 saturated carbocycles. The summed E-state index contributed by atoms with van der Waals surface area (Å²) < 4.78 is 6.14. The molecule has 0 unspecified atom stereocenters. The summed E-state index contributed by atoms with van der Waals surface area (Å²) in [7, 11) is 0. The highest BCUT2D eigenvalue weighted by Gasteiger charge is 2.37. The van der Waals surface area contributed by atoms with Gasteiger partial charge in [-0.25, -0.2) is 0 Å². The average Bonchev–Trinajstić information content (AvgIpc) is 2.96. The van der Waals surface area contributed by atoms with Crippen LogP contribution < -0.4 is 15.4 Å². The summed E-state index contributed by atoms with van der Waals surface area (Å²) in [6.45, 7) is 4.05. The Labute approximate surface area is 189 Å². The molecule has 1 aliphatic heterocycles. The van der Waals surface area contributed by atoms with Crippen molar-refractivity contribution in [2.45, 2.75) is 44.8 Å². The molecule has 0 amide bonds. The summed E-state index contributed by atoms with van der Waals surface area (Å²) in [6.07, 6.45) is 1.35. The maximum Gasteiger partial charge on any atom is 0.163 e. The Morgan fingerprint density at radius 3 is 2.31 bits per heavy atom. The average molecular weight is 425 g/mol. The van der Waals surface area contributed by atoms with Crippen LogP contribution in [0.15, 0.2) is 90.1 Å². The largest absolute Gasteiger partial charge is 0.491 e. The SMILES string of the molecule is CC(C)Oc1ccccc1[C@@H]1Nc2ccccc2NC2=C1C(=O)C[C@@H](c1ccccc1)C2. The van der Waals surface area contributed by atoms with Crippen molar-refractivity contribution in [3.63, 3.8) is 0 Å². The quantitative estimate of drug-likeness (QED) is 0.505. The van der Waals surface area contributed by atoms with Crippen molar-refractivity contribution in [1.82, 2.24) is 0 Å². The number of ether oxygens (including phenoxy) is 1. The van der Waals surface area contributed by atoms with Crippen molar-refractivity contribution in [3.8, 4) is 5.75 Å². The third-order valence-corrected chi connectivity index (χ3v) is 6.17. The van der Waals surface area contributed by atoms with Crippen LogP contribution in [-0.2, 0) is 4.79 Å². The van der Waals surface area contributed by atoms with Gasteiger partial charge in [-0.15, -0.1) is 0 Å². The van der Waals surface area contributed by atoms with E-state index in [0.717, 1.165) is 40.4 Å². The van der Waals surface area contributed by atoms with Crippen molar-refractivity contribution >= 4 is 17.2 Å². The van der Waals surface area contributed by atoms with Crippen LogP contribution in [0.1, 0.15) is 49.8 Å². The Morgan fingerprint density at radius 2 is 1.53 bits per heavy atom. The number of anilines is 2. The van der Waals surface area contributed by atoms with E-state index in [2.05, 4.69) is 41.0 Å². The first kappa shape index (κ1) is 20.4. The summed E-state index contributed by atoms with van der Waals surface area (Å²) in [5.41, 5.74) is 5.98. The third kappa shape index (κ3) is 3.89. The summed E-state index contributed by atoms with van der Waals surface area (Å²) >= 11 is 0. The highest BCUT2D eigenvalue weighted by molar-refractivity contribution is 6.01. The smallest absolute Gasteiger partial charge is 0.163 e. The Bertz CT molecular complexity index is 1170. The second-order valence-electron chi connectivity index (χ2n) is 8.78. The van der Waals surface area contributed by atoms with Crippen molar-refractivity contribution in [2.24, 2.45) is 0 Å². The van der Waals surface area contributed by atoms with E-state index >= 15 is 0 Å². The molecule has 32 heavy (non-hydrogen) atoms. The van der Waals surface area contributed by atoms with Gasteiger partial charge in [0.2, 0.25) is 0 Å². The number of carbonyl (C=O) groups is 1. The summed E-state index contributed by atoms with van der Waals surface area (Å²) in [6, 6.07) is 26.3. The van der Waals surface area contributed by atoms with E-state index in [1.54, 1.807) is 0 Å². The lowest BCUT2D eigenvalue weighted by Gasteiger charge is -2.30. The molecule has 1 aliphatic carbocycles. The molecule has 5 rings (SSSR count). The van der Waals surface area contributed by atoms with Gasteiger partial charge >= 0.3 is 0 Å². The molecule has 3 aromatic rings. The number of Topliss-reactive ketones (excluding diaryl/α,β-unsaturated/α-hetero) is 1. The maximum atomic E-state index is 13.7. The molecule has 2 aliphatic rings. The molecular weight excluding hydrogens is 396 g/mol. The van der Waals surface area contributed by atoms with Gasteiger partial charge in [0.1, 0.15) is 5.75 Å². The van der Waals surface area contributed by atoms with Crippen LogP contribution in [0.25, 0.3) is 0 Å². The summed E-state index contributed by atoms with van der Waals surface area (Å²) in [5, 5.41) is 7.26. The monoisotopic (exact) mass is 424 g/mol. The van der Waals surface area contributed by atoms with Crippen LogP contribution in [0, 0.1) is 0 Å². The predicted molar refractivity (Wildman–Crippen MR) is 129 cm³/mol. The molecule has 162 valence electrons. The van der Waals surface area contributed by atoms with Gasteiger partial charge in [0, 0.05) is 23.3 Å². The van der Waals surface area contributed by atoms with Gasteiger partial charge in [0.25, 0.3) is 0 Å². The molecule has 4 heteroatoms. The van der Waals surface area contributed by atoms with E-state index in [-0.39, 0.29) is 23.8 Å². The van der Waals surface area contributed by atoms with Gasteiger partial charge in [0.05, 0.1) is 23.5 Å². The minimum atomic E-state index is -0.277. The lowest BCUT2D eigenvalue weighted by atomic mass is 9.78. The number of hydrogen-bond acceptors (Lipinski definition) is 4. The lowest BCUT2D eigenvalue weighted by Crippen LogP contribution is -2.27. The third-order valence-electron chi connectivity index (χ3n) is 6.17. The number of ketones is 1. The van der Waals surface area contributed by atoms with Crippen molar-refractivity contribution < 1.29 is 9.53 Å². The minimum absolute atomic E-state index is 0.0466. The molecule has 0 aromatic heterocycles. The number of allylic oxidation sites excluding steroid dienone is 1. The zero-order chi connectivity index (χ0) is 22.1. The molecule has 2 N–H and O–H groups in total. The van der Waals surface area contributed by atoms with Crippen molar-refractivity contribution in [1.29, 1.82) is 0 Å². The van der Waals surface area contributed by atoms with Gasteiger partial charge in [0.15, 0.2) is 5.78 Å². The molecule has 1 heterocycles. The topological polar surface area (TPSA) is 50.4 Å². The fourth-order valence-corrected chi connectivity index (χ4v) is 4.77. The number of para-hydroxylation sites is 3. The fourth-order valence-electron chi connectivity index (χ4n) is 4.77. The molecule has 0 bridgehead atoms. The zero-order valence-corrected chi connectivity index (χ0v) is 18.5. The van der Waals surface area contributed by atoms with Crippen molar-refractivity contribution in [3.05, 3.63) is 101 Å². The molecule has 3 aromatic carbocycles. The molecule has 0 spiro atoms. The Kier molecular flexibility index (Phi) is 5.44. The van der Waals surface area contributed by atoms with E-state index in [0.29, 0.717) is 6.42 Å². The normalized spacial score (nSPS) is 20.0. The molecule has 0 radical (unpaired) electrons. The van der Waals surface area contributed by atoms with Gasteiger partial charge in [-0.05, 0) is 49.9 Å². The summed E-state index contributed by atoms with van der Waals surface area (Å²) in [4.78, 5) is 13.7. The first-order chi connectivity index (χ1) is 15.6. The second kappa shape index (κ2) is 8.54. The van der Waals surface area contributed by atoms with Crippen molar-refractivity contribution in [2.75, 3.05) is 10.6 Å². The zero-order valence-electron chi connectivity index (χ0n) is 18.5. The number of rotatable bonds is 4. The minimum Gasteiger partial charge on any atom is -0.491 e. The van der Waals surface area contributed by atoms with Crippen LogP contribution in [0.5, 0.6) is 5.75 Å². The Balaban J connectivity index is 1.63. The standard InChI is InChI=1S/C28H28N2O2/c1-18(2)32-26-15-9-6-12-21(26)28-27-24(29-22-13-7-8-14-23(22)30-28)16-20(17-25(27)31)19-10-4-3-5-11-19/h3-15,18,20,28-30H,16-17H2,1-2H3/t20-,28-/m0/s1. The van der Waals surface area contributed by atoms with Crippen LogP contribution >= 0.6 is 0 Å². The first-order valence-electron chi connectivity index (χ1n) is 11.3. The van der Waals surface area contributed by atoms with Gasteiger partial charge in [-0.1, -0.05) is 60.7 Å². The number of nitrogens with one attached hydrogen (secondary N) is 2. The highest BCUT2D eigenvalue weighted by atomic mass is 16.5. The number of hydrogen-bond donors (Lipinski definition) is 2. The highest BCUT2D eigenvalue weighted by Crippen LogP contribution is 2.45. The Morgan fingerprint density at radius 1 is 0.844 bits per heavy atom.